The van der Waals surface area contributed by atoms with Crippen LogP contribution in [0.3, 0.4) is 0 Å². The van der Waals surface area contributed by atoms with Crippen LogP contribution in [0, 0.1) is 0 Å². The van der Waals surface area contributed by atoms with E-state index in [4.69, 9.17) is 10.8 Å². The number of hydrogen-bond donors (Lipinski definition) is 3. The van der Waals surface area contributed by atoms with Crippen LogP contribution in [0.5, 0.6) is 0 Å². The van der Waals surface area contributed by atoms with Gasteiger partial charge >= 0.3 is 5.97 Å². The lowest BCUT2D eigenvalue weighted by atomic mass is 10.2. The Bertz CT molecular complexity index is 488. The minimum absolute atomic E-state index is 0.0221. The summed E-state index contributed by atoms with van der Waals surface area (Å²) in [5.74, 6) is -1.54. The molecule has 2 rings (SSSR count). The van der Waals surface area contributed by atoms with Crippen LogP contribution in [-0.2, 0) is 22.7 Å². The molecule has 1 aromatic rings. The number of hydrogen-bond acceptors (Lipinski definition) is 6. The average molecular weight is 269 g/mol. The lowest BCUT2D eigenvalue weighted by Crippen LogP contribution is -2.42. The number of β-amino-alcohol motifs (C(OH)–C–C–N with tert-alkyl or cyclic N) is 1. The molecule has 0 aromatic carbocycles. The zero-order valence-electron chi connectivity index (χ0n) is 10.1. The lowest BCUT2D eigenvalue weighted by molar-refractivity contribution is -0.148. The zero-order chi connectivity index (χ0) is 14.0. The largest absolute Gasteiger partial charge is 0.480 e. The number of rotatable bonds is 4. The number of carboxylic acid groups (broad SMARTS) is 1. The van der Waals surface area contributed by atoms with E-state index in [9.17, 15) is 14.7 Å². The Morgan fingerprint density at radius 3 is 2.84 bits per heavy atom. The van der Waals surface area contributed by atoms with Crippen molar-refractivity contribution in [3.8, 4) is 0 Å². The van der Waals surface area contributed by atoms with Crippen molar-refractivity contribution in [2.75, 3.05) is 6.54 Å². The highest BCUT2D eigenvalue weighted by molar-refractivity contribution is 5.84. The summed E-state index contributed by atoms with van der Waals surface area (Å²) in [5, 5.41) is 25.9. The van der Waals surface area contributed by atoms with Gasteiger partial charge in [-0.05, 0) is 0 Å². The maximum atomic E-state index is 12.0. The molecule has 19 heavy (non-hydrogen) atoms. The molecule has 1 amide bonds. The number of amides is 1. The standard InChI is InChI=1S/C10H15N5O4/c11-2-6-3-14(13-12-6)5-9(17)15-4-7(16)1-8(15)10(18)19/h3,7-8,16H,1-2,4-5,11H2,(H,18,19)/t7-,8-/m0/s1. The van der Waals surface area contributed by atoms with Gasteiger partial charge in [-0.15, -0.1) is 5.10 Å². The quantitative estimate of drug-likeness (QED) is 0.563. The Morgan fingerprint density at radius 1 is 1.53 bits per heavy atom. The predicted octanol–water partition coefficient (Wildman–Crippen LogP) is -2.22. The van der Waals surface area contributed by atoms with Gasteiger partial charge < -0.3 is 20.8 Å². The van der Waals surface area contributed by atoms with Gasteiger partial charge in [-0.2, -0.15) is 0 Å². The van der Waals surface area contributed by atoms with Crippen LogP contribution >= 0.6 is 0 Å². The monoisotopic (exact) mass is 269 g/mol. The van der Waals surface area contributed by atoms with Gasteiger partial charge in [0, 0.05) is 19.5 Å². The predicted molar refractivity (Wildman–Crippen MR) is 61.7 cm³/mol. The van der Waals surface area contributed by atoms with E-state index in [1.807, 2.05) is 0 Å². The second kappa shape index (κ2) is 5.33. The molecule has 0 bridgehead atoms. The molecule has 0 radical (unpaired) electrons. The van der Waals surface area contributed by atoms with Gasteiger partial charge in [-0.25, -0.2) is 9.48 Å². The summed E-state index contributed by atoms with van der Waals surface area (Å²) in [6.45, 7) is 0.117. The molecule has 2 atom stereocenters. The minimum Gasteiger partial charge on any atom is -0.480 e. The Morgan fingerprint density at radius 2 is 2.26 bits per heavy atom. The summed E-state index contributed by atoms with van der Waals surface area (Å²) >= 11 is 0. The number of carboxylic acids is 1. The van der Waals surface area contributed by atoms with E-state index in [2.05, 4.69) is 10.3 Å². The van der Waals surface area contributed by atoms with E-state index in [1.165, 1.54) is 10.9 Å². The minimum atomic E-state index is -1.12. The van der Waals surface area contributed by atoms with Gasteiger partial charge in [0.25, 0.3) is 0 Å². The topological polar surface area (TPSA) is 135 Å². The van der Waals surface area contributed by atoms with E-state index in [0.29, 0.717) is 5.69 Å². The number of aromatic nitrogens is 3. The van der Waals surface area contributed by atoms with E-state index in [1.54, 1.807) is 0 Å². The first-order valence-electron chi connectivity index (χ1n) is 5.80. The van der Waals surface area contributed by atoms with Gasteiger partial charge in [0.05, 0.1) is 18.0 Å². The number of aliphatic hydroxyl groups is 1. The van der Waals surface area contributed by atoms with Gasteiger partial charge in [0.1, 0.15) is 12.6 Å². The normalized spacial score (nSPS) is 22.7. The van der Waals surface area contributed by atoms with E-state index >= 15 is 0 Å². The Labute approximate surface area is 108 Å². The van der Waals surface area contributed by atoms with Gasteiger partial charge in [-0.3, -0.25) is 4.79 Å². The van der Waals surface area contributed by atoms with Gasteiger partial charge in [-0.1, -0.05) is 5.21 Å². The third kappa shape index (κ3) is 2.88. The van der Waals surface area contributed by atoms with Crippen LogP contribution in [0.4, 0.5) is 0 Å². The van der Waals surface area contributed by atoms with Crippen molar-refractivity contribution in [1.29, 1.82) is 0 Å². The molecule has 0 spiro atoms. The number of carbonyl (C=O) groups excluding carboxylic acids is 1. The van der Waals surface area contributed by atoms with Crippen molar-refractivity contribution < 1.29 is 19.8 Å². The molecule has 9 nitrogen and oxygen atoms in total. The van der Waals surface area contributed by atoms with Crippen LogP contribution in [0.15, 0.2) is 6.20 Å². The summed E-state index contributed by atoms with van der Waals surface area (Å²) in [6.07, 6.45) is 0.771. The van der Waals surface area contributed by atoms with E-state index in [0.717, 1.165) is 4.90 Å². The first-order chi connectivity index (χ1) is 9.01. The fourth-order valence-corrected chi connectivity index (χ4v) is 2.06. The number of likely N-dealkylation sites (tertiary alicyclic amines) is 1. The third-order valence-electron chi connectivity index (χ3n) is 2.98. The highest BCUT2D eigenvalue weighted by Crippen LogP contribution is 2.18. The van der Waals surface area contributed by atoms with E-state index < -0.39 is 24.0 Å². The highest BCUT2D eigenvalue weighted by atomic mass is 16.4. The SMILES string of the molecule is NCc1cn(CC(=O)N2C[C@@H](O)C[C@H]2C(=O)O)nn1. The molecule has 9 heteroatoms. The van der Waals surface area contributed by atoms with Crippen molar-refractivity contribution in [3.05, 3.63) is 11.9 Å². The molecule has 1 fully saturated rings. The van der Waals surface area contributed by atoms with Gasteiger partial charge in [0.2, 0.25) is 5.91 Å². The number of carbonyl (C=O) groups is 2. The smallest absolute Gasteiger partial charge is 0.326 e. The molecular weight excluding hydrogens is 254 g/mol. The maximum Gasteiger partial charge on any atom is 0.326 e. The van der Waals surface area contributed by atoms with Crippen LogP contribution in [0.25, 0.3) is 0 Å². The van der Waals surface area contributed by atoms with Crippen LogP contribution in [0.1, 0.15) is 12.1 Å². The number of nitrogens with zero attached hydrogens (tertiary/aromatic N) is 4. The Balaban J connectivity index is 2.04. The van der Waals surface area contributed by atoms with Crippen LogP contribution in [0.2, 0.25) is 0 Å². The molecule has 0 unspecified atom stereocenters. The van der Waals surface area contributed by atoms with Gasteiger partial charge in [0.15, 0.2) is 0 Å². The molecule has 0 saturated carbocycles. The molecule has 1 aliphatic heterocycles. The molecule has 2 heterocycles. The summed E-state index contributed by atoms with van der Waals surface area (Å²) in [5.41, 5.74) is 5.92. The number of aliphatic carboxylic acids is 1. The molecule has 1 saturated heterocycles. The lowest BCUT2D eigenvalue weighted by Gasteiger charge is -2.20. The molecule has 1 aromatic heterocycles. The molecule has 0 aliphatic carbocycles. The molecule has 104 valence electrons. The second-order valence-corrected chi connectivity index (χ2v) is 4.40. The molecular formula is C10H15N5O4. The fraction of sp³-hybridized carbons (Fsp3) is 0.600. The van der Waals surface area contributed by atoms with Crippen molar-refractivity contribution in [1.82, 2.24) is 19.9 Å². The highest BCUT2D eigenvalue weighted by Gasteiger charge is 2.38. The summed E-state index contributed by atoms with van der Waals surface area (Å²) < 4.78 is 1.30. The first kappa shape index (κ1) is 13.4. The number of aliphatic hydroxyl groups excluding tert-OH is 1. The van der Waals surface area contributed by atoms with Crippen molar-refractivity contribution in [2.24, 2.45) is 5.73 Å². The zero-order valence-corrected chi connectivity index (χ0v) is 10.1. The fourth-order valence-electron chi connectivity index (χ4n) is 2.06. The average Bonchev–Trinajstić information content (AvgIpc) is 2.95. The summed E-state index contributed by atoms with van der Waals surface area (Å²) in [4.78, 5) is 24.2. The first-order valence-corrected chi connectivity index (χ1v) is 5.80. The summed E-state index contributed by atoms with van der Waals surface area (Å²) in [6, 6.07) is -0.986. The number of nitrogens with two attached hydrogens (primary N) is 1. The van der Waals surface area contributed by atoms with Crippen molar-refractivity contribution in [2.45, 2.75) is 31.7 Å². The van der Waals surface area contributed by atoms with Crippen molar-refractivity contribution in [3.63, 3.8) is 0 Å². The van der Waals surface area contributed by atoms with Crippen LogP contribution in [-0.4, -0.2) is 60.7 Å². The van der Waals surface area contributed by atoms with Crippen molar-refractivity contribution >= 4 is 11.9 Å². The molecule has 1 aliphatic rings. The Kier molecular flexibility index (Phi) is 3.76. The van der Waals surface area contributed by atoms with Crippen LogP contribution < -0.4 is 5.73 Å². The second-order valence-electron chi connectivity index (χ2n) is 4.40. The maximum absolute atomic E-state index is 12.0. The summed E-state index contributed by atoms with van der Waals surface area (Å²) in [7, 11) is 0. The third-order valence-corrected chi connectivity index (χ3v) is 2.98. The van der Waals surface area contributed by atoms with E-state index in [-0.39, 0.29) is 26.1 Å². The Hall–Kier alpha value is -2.00. The molecule has 4 N–H and O–H groups in total.